The van der Waals surface area contributed by atoms with Crippen molar-refractivity contribution >= 4 is 16.6 Å². The van der Waals surface area contributed by atoms with Crippen LogP contribution in [0, 0.1) is 10.1 Å². The Kier molecular flexibility index (Phi) is 3.70. The lowest BCUT2D eigenvalue weighted by Gasteiger charge is -2.28. The lowest BCUT2D eigenvalue weighted by atomic mass is 9.95. The van der Waals surface area contributed by atoms with Gasteiger partial charge in [0.05, 0.1) is 11.0 Å². The first-order valence-corrected chi connectivity index (χ1v) is 7.03. The molecule has 2 aromatic rings. The number of fused-ring (bicyclic) bond motifs is 1. The Morgan fingerprint density at radius 2 is 2.10 bits per heavy atom. The number of aromatic nitrogens is 1. The van der Waals surface area contributed by atoms with Crippen LogP contribution in [0.2, 0.25) is 0 Å². The molecule has 0 saturated heterocycles. The molecule has 2 atom stereocenters. The van der Waals surface area contributed by atoms with Crippen molar-refractivity contribution in [2.75, 3.05) is 0 Å². The summed E-state index contributed by atoms with van der Waals surface area (Å²) < 4.78 is 5.90. The first-order valence-electron chi connectivity index (χ1n) is 7.03. The van der Waals surface area contributed by atoms with Crippen LogP contribution in [0.4, 0.5) is 5.69 Å². The molecule has 3 rings (SSSR count). The normalized spacial score (nSPS) is 22.1. The Hall–Kier alpha value is -2.21. The number of nitrogens with zero attached hydrogens (tertiary/aromatic N) is 2. The third-order valence-corrected chi connectivity index (χ3v) is 3.85. The van der Waals surface area contributed by atoms with Gasteiger partial charge in [0.2, 0.25) is 0 Å². The maximum absolute atomic E-state index is 11.1. The van der Waals surface area contributed by atoms with E-state index < -0.39 is 11.0 Å². The molecule has 1 heterocycles. The molecule has 21 heavy (non-hydrogen) atoms. The molecule has 110 valence electrons. The molecule has 0 aliphatic heterocycles. The van der Waals surface area contributed by atoms with Crippen molar-refractivity contribution in [3.05, 3.63) is 40.6 Å². The molecule has 0 amide bonds. The number of benzene rings is 1. The molecule has 1 aliphatic carbocycles. The number of nitro groups is 1. The highest BCUT2D eigenvalue weighted by Gasteiger charge is 2.26. The van der Waals surface area contributed by atoms with Crippen molar-refractivity contribution in [1.82, 2.24) is 4.98 Å². The van der Waals surface area contributed by atoms with Gasteiger partial charge >= 0.3 is 0 Å². The minimum absolute atomic E-state index is 0.0397. The van der Waals surface area contributed by atoms with E-state index in [-0.39, 0.29) is 11.8 Å². The fraction of sp³-hybridized carbons (Fsp3) is 0.400. The molecule has 2 unspecified atom stereocenters. The highest BCUT2D eigenvalue weighted by molar-refractivity contribution is 5.92. The van der Waals surface area contributed by atoms with E-state index in [1.165, 1.54) is 12.3 Å². The summed E-state index contributed by atoms with van der Waals surface area (Å²) in [6.07, 6.45) is 4.32. The molecule has 1 saturated carbocycles. The van der Waals surface area contributed by atoms with Gasteiger partial charge in [0.15, 0.2) is 5.52 Å². The summed E-state index contributed by atoms with van der Waals surface area (Å²) in [4.78, 5) is 14.7. The van der Waals surface area contributed by atoms with Crippen LogP contribution < -0.4 is 4.74 Å². The Bertz CT molecular complexity index is 674. The second-order valence-electron chi connectivity index (χ2n) is 5.25. The van der Waals surface area contributed by atoms with Crippen molar-refractivity contribution in [2.45, 2.75) is 37.9 Å². The van der Waals surface area contributed by atoms with Crippen LogP contribution in [-0.4, -0.2) is 27.2 Å². The molecular formula is C15H16N2O4. The summed E-state index contributed by atoms with van der Waals surface area (Å²) in [7, 11) is 0. The zero-order chi connectivity index (χ0) is 14.8. The van der Waals surface area contributed by atoms with Gasteiger partial charge in [-0.1, -0.05) is 6.42 Å². The summed E-state index contributed by atoms with van der Waals surface area (Å²) in [5, 5.41) is 21.7. The topological polar surface area (TPSA) is 85.5 Å². The van der Waals surface area contributed by atoms with E-state index >= 15 is 0 Å². The van der Waals surface area contributed by atoms with Crippen molar-refractivity contribution in [2.24, 2.45) is 0 Å². The van der Waals surface area contributed by atoms with E-state index in [4.69, 9.17) is 4.74 Å². The lowest BCUT2D eigenvalue weighted by molar-refractivity contribution is -0.383. The van der Waals surface area contributed by atoms with Gasteiger partial charge in [-0.25, -0.2) is 4.98 Å². The number of ether oxygens (including phenoxy) is 1. The van der Waals surface area contributed by atoms with Gasteiger partial charge in [0.1, 0.15) is 11.9 Å². The SMILES string of the molecule is O=[N+]([O-])c1ccc(OC2CCCCC2O)c2cccnc12. The van der Waals surface area contributed by atoms with Crippen molar-refractivity contribution in [1.29, 1.82) is 0 Å². The minimum atomic E-state index is -0.485. The summed E-state index contributed by atoms with van der Waals surface area (Å²) in [6, 6.07) is 6.46. The largest absolute Gasteiger partial charge is 0.487 e. The molecule has 1 fully saturated rings. The molecule has 0 spiro atoms. The molecule has 1 aromatic heterocycles. The van der Waals surface area contributed by atoms with Gasteiger partial charge in [0, 0.05) is 17.6 Å². The first-order chi connectivity index (χ1) is 10.2. The smallest absolute Gasteiger partial charge is 0.295 e. The Morgan fingerprint density at radius 3 is 2.86 bits per heavy atom. The van der Waals surface area contributed by atoms with E-state index in [1.807, 2.05) is 0 Å². The van der Waals surface area contributed by atoms with Gasteiger partial charge in [-0.05, 0) is 37.5 Å². The van der Waals surface area contributed by atoms with Crippen LogP contribution in [0.25, 0.3) is 10.9 Å². The molecule has 0 bridgehead atoms. The van der Waals surface area contributed by atoms with Gasteiger partial charge in [-0.3, -0.25) is 10.1 Å². The summed E-state index contributed by atoms with van der Waals surface area (Å²) >= 11 is 0. The number of nitro benzene ring substituents is 1. The van der Waals surface area contributed by atoms with Crippen LogP contribution >= 0.6 is 0 Å². The molecule has 1 aromatic carbocycles. The maximum Gasteiger partial charge on any atom is 0.295 e. The van der Waals surface area contributed by atoms with E-state index in [2.05, 4.69) is 4.98 Å². The highest BCUT2D eigenvalue weighted by Crippen LogP contribution is 2.33. The third kappa shape index (κ3) is 2.67. The van der Waals surface area contributed by atoms with Gasteiger partial charge in [-0.15, -0.1) is 0 Å². The molecule has 1 aliphatic rings. The summed E-state index contributed by atoms with van der Waals surface area (Å²) in [6.45, 7) is 0. The minimum Gasteiger partial charge on any atom is -0.487 e. The Morgan fingerprint density at radius 1 is 1.29 bits per heavy atom. The lowest BCUT2D eigenvalue weighted by Crippen LogP contribution is -2.34. The predicted octanol–water partition coefficient (Wildman–Crippen LogP) is 2.83. The van der Waals surface area contributed by atoms with E-state index in [1.54, 1.807) is 18.2 Å². The number of aliphatic hydroxyl groups excluding tert-OH is 1. The number of hydrogen-bond donors (Lipinski definition) is 1. The van der Waals surface area contributed by atoms with Gasteiger partial charge < -0.3 is 9.84 Å². The third-order valence-electron chi connectivity index (χ3n) is 3.85. The number of hydrogen-bond acceptors (Lipinski definition) is 5. The standard InChI is InChI=1S/C15H16N2O4/c18-12-5-1-2-6-14(12)21-13-8-7-11(17(19)20)15-10(13)4-3-9-16-15/h3-4,7-9,12,14,18H,1-2,5-6H2. The summed E-state index contributed by atoms with van der Waals surface area (Å²) in [5.74, 6) is 0.537. The zero-order valence-electron chi connectivity index (χ0n) is 11.4. The highest BCUT2D eigenvalue weighted by atomic mass is 16.6. The van der Waals surface area contributed by atoms with Gasteiger partial charge in [-0.2, -0.15) is 0 Å². The van der Waals surface area contributed by atoms with Gasteiger partial charge in [0.25, 0.3) is 5.69 Å². The number of aliphatic hydroxyl groups is 1. The average molecular weight is 288 g/mol. The van der Waals surface area contributed by atoms with Crippen LogP contribution in [0.5, 0.6) is 5.75 Å². The van der Waals surface area contributed by atoms with Crippen LogP contribution in [0.3, 0.4) is 0 Å². The zero-order valence-corrected chi connectivity index (χ0v) is 11.4. The second-order valence-corrected chi connectivity index (χ2v) is 5.25. The monoisotopic (exact) mass is 288 g/mol. The predicted molar refractivity (Wildman–Crippen MR) is 77.3 cm³/mol. The average Bonchev–Trinajstić information content (AvgIpc) is 2.49. The van der Waals surface area contributed by atoms with Crippen molar-refractivity contribution < 1.29 is 14.8 Å². The number of rotatable bonds is 3. The van der Waals surface area contributed by atoms with Crippen molar-refractivity contribution in [3.8, 4) is 5.75 Å². The molecule has 0 radical (unpaired) electrons. The first kappa shape index (κ1) is 13.8. The van der Waals surface area contributed by atoms with E-state index in [0.717, 1.165) is 25.7 Å². The van der Waals surface area contributed by atoms with Crippen molar-refractivity contribution in [3.63, 3.8) is 0 Å². The number of pyridine rings is 1. The fourth-order valence-electron chi connectivity index (χ4n) is 2.76. The number of non-ortho nitro benzene ring substituents is 1. The molecule has 1 N–H and O–H groups in total. The fourth-order valence-corrected chi connectivity index (χ4v) is 2.76. The summed E-state index contributed by atoms with van der Waals surface area (Å²) in [5.41, 5.74) is 0.271. The van der Waals surface area contributed by atoms with Crippen LogP contribution in [-0.2, 0) is 0 Å². The quantitative estimate of drug-likeness (QED) is 0.693. The molecular weight excluding hydrogens is 272 g/mol. The second kappa shape index (κ2) is 5.65. The van der Waals surface area contributed by atoms with Crippen LogP contribution in [0.15, 0.2) is 30.5 Å². The molecule has 6 nitrogen and oxygen atoms in total. The maximum atomic E-state index is 11.1. The van der Waals surface area contributed by atoms with Crippen LogP contribution in [0.1, 0.15) is 25.7 Å². The Labute approximate surface area is 121 Å². The Balaban J connectivity index is 1.99. The van der Waals surface area contributed by atoms with E-state index in [0.29, 0.717) is 16.7 Å². The van der Waals surface area contributed by atoms with E-state index in [9.17, 15) is 15.2 Å². The molecule has 6 heteroatoms.